The second-order valence-corrected chi connectivity index (χ2v) is 4.99. The Hall–Kier alpha value is -3.42. The molecule has 0 aromatic heterocycles. The monoisotopic (exact) mass is 394 g/mol. The Morgan fingerprint density at radius 2 is 1.75 bits per heavy atom. The van der Waals surface area contributed by atoms with E-state index in [1.54, 1.807) is 14.0 Å². The molecule has 0 aliphatic carbocycles. The van der Waals surface area contributed by atoms with E-state index in [1.807, 2.05) is 19.1 Å². The van der Waals surface area contributed by atoms with Crippen LogP contribution in [0, 0.1) is 11.6 Å². The van der Waals surface area contributed by atoms with Gasteiger partial charge in [0.2, 0.25) is 5.91 Å². The Morgan fingerprint density at radius 1 is 1.21 bits per heavy atom. The fourth-order valence-corrected chi connectivity index (χ4v) is 1.41. The van der Waals surface area contributed by atoms with Gasteiger partial charge in [0.15, 0.2) is 0 Å². The molecule has 0 aliphatic heterocycles. The van der Waals surface area contributed by atoms with E-state index in [-0.39, 0.29) is 5.91 Å². The van der Waals surface area contributed by atoms with E-state index in [9.17, 15) is 18.4 Å². The van der Waals surface area contributed by atoms with Gasteiger partial charge in [-0.1, -0.05) is 31.4 Å². The van der Waals surface area contributed by atoms with Gasteiger partial charge >= 0.3 is 0 Å². The molecule has 0 saturated heterocycles. The van der Waals surface area contributed by atoms with Crippen molar-refractivity contribution in [1.29, 1.82) is 0 Å². The average Bonchev–Trinajstić information content (AvgIpc) is 2.63. The topological polar surface area (TPSA) is 96.2 Å². The molecule has 0 radical (unpaired) electrons. The minimum Gasteiger partial charge on any atom is -0.405 e. The fourth-order valence-electron chi connectivity index (χ4n) is 1.41. The number of benzene rings is 1. The third-order valence-electron chi connectivity index (χ3n) is 2.66. The highest BCUT2D eigenvalue weighted by atomic mass is 19.1. The van der Waals surface area contributed by atoms with Crippen LogP contribution in [-0.4, -0.2) is 25.4 Å². The standard InChI is InChI=1S/C10H10F2N2O.C8H13NO.C2H5N/c1-13-5-6-14-10(15)9-7(11)3-2-4-8(9)12;1-4-5-6-9-8(10)7(2)3;1-2-3/h2-6,13H,1H3,(H,14,15);4-5H,2,6H2,1,3H3,(H,9,10);2H,1,3H2/b6-5+;5-4-;. The van der Waals surface area contributed by atoms with Gasteiger partial charge in [-0.05, 0) is 32.2 Å². The van der Waals surface area contributed by atoms with E-state index in [4.69, 9.17) is 0 Å². The summed E-state index contributed by atoms with van der Waals surface area (Å²) in [5, 5.41) is 7.50. The van der Waals surface area contributed by atoms with Gasteiger partial charge in [-0.25, -0.2) is 8.78 Å². The number of halogens is 2. The predicted octanol–water partition coefficient (Wildman–Crippen LogP) is 2.73. The second kappa shape index (κ2) is 17.0. The summed E-state index contributed by atoms with van der Waals surface area (Å²) >= 11 is 0. The van der Waals surface area contributed by atoms with Gasteiger partial charge in [-0.15, -0.1) is 0 Å². The van der Waals surface area contributed by atoms with Gasteiger partial charge in [0, 0.05) is 31.6 Å². The highest BCUT2D eigenvalue weighted by Gasteiger charge is 2.15. The van der Waals surface area contributed by atoms with Crippen molar-refractivity contribution in [2.45, 2.75) is 13.8 Å². The van der Waals surface area contributed by atoms with Gasteiger partial charge < -0.3 is 21.7 Å². The number of carbonyl (C=O) groups excluding carboxylic acids is 2. The molecule has 0 heterocycles. The molecule has 5 N–H and O–H groups in total. The first kappa shape index (κ1) is 26.8. The summed E-state index contributed by atoms with van der Waals surface area (Å²) in [6, 6.07) is 3.25. The van der Waals surface area contributed by atoms with Crippen LogP contribution in [0.5, 0.6) is 0 Å². The lowest BCUT2D eigenvalue weighted by Crippen LogP contribution is -2.23. The molecule has 0 spiro atoms. The van der Waals surface area contributed by atoms with Crippen LogP contribution in [0.3, 0.4) is 0 Å². The van der Waals surface area contributed by atoms with Crippen molar-refractivity contribution in [1.82, 2.24) is 16.0 Å². The molecule has 0 atom stereocenters. The third kappa shape index (κ3) is 12.9. The zero-order valence-corrected chi connectivity index (χ0v) is 16.4. The van der Waals surface area contributed by atoms with Crippen LogP contribution < -0.4 is 21.7 Å². The third-order valence-corrected chi connectivity index (χ3v) is 2.66. The van der Waals surface area contributed by atoms with Crippen LogP contribution in [0.4, 0.5) is 8.78 Å². The summed E-state index contributed by atoms with van der Waals surface area (Å²) in [6.07, 6.45) is 7.70. The largest absolute Gasteiger partial charge is 0.405 e. The fraction of sp³-hybridized carbons (Fsp3) is 0.200. The van der Waals surface area contributed by atoms with Crippen molar-refractivity contribution in [3.05, 3.63) is 84.9 Å². The zero-order chi connectivity index (χ0) is 21.9. The molecular formula is C20H28F2N4O2. The molecule has 0 unspecified atom stereocenters. The Labute approximate surface area is 164 Å². The Kier molecular flexibility index (Phi) is 16.3. The second-order valence-electron chi connectivity index (χ2n) is 4.99. The number of nitrogens with two attached hydrogens (primary N) is 1. The number of hydrogen-bond acceptors (Lipinski definition) is 4. The molecule has 0 aliphatic rings. The first-order chi connectivity index (χ1) is 13.3. The molecule has 1 aromatic carbocycles. The zero-order valence-electron chi connectivity index (χ0n) is 16.4. The van der Waals surface area contributed by atoms with Crippen molar-refractivity contribution in [3.63, 3.8) is 0 Å². The Balaban J connectivity index is 0. The lowest BCUT2D eigenvalue weighted by Gasteiger charge is -2.02. The number of carbonyl (C=O) groups is 2. The molecule has 0 saturated carbocycles. The molecule has 0 bridgehead atoms. The SMILES string of the molecule is C=C(C)C(=O)NC/C=C\C.C=CN.CN/C=C/NC(=O)c1c(F)cccc1F. The molecule has 0 fully saturated rings. The van der Waals surface area contributed by atoms with Crippen LogP contribution in [0.25, 0.3) is 0 Å². The molecule has 2 amide bonds. The maximum atomic E-state index is 13.1. The lowest BCUT2D eigenvalue weighted by atomic mass is 10.2. The summed E-state index contributed by atoms with van der Waals surface area (Å²) < 4.78 is 26.1. The Bertz CT molecular complexity index is 681. The van der Waals surface area contributed by atoms with E-state index >= 15 is 0 Å². The quantitative estimate of drug-likeness (QED) is 0.441. The van der Waals surface area contributed by atoms with Crippen molar-refractivity contribution in [2.75, 3.05) is 13.6 Å². The molecule has 6 nitrogen and oxygen atoms in total. The van der Waals surface area contributed by atoms with Crippen LogP contribution >= 0.6 is 0 Å². The van der Waals surface area contributed by atoms with Crippen LogP contribution in [0.1, 0.15) is 24.2 Å². The highest BCUT2D eigenvalue weighted by Crippen LogP contribution is 2.11. The van der Waals surface area contributed by atoms with E-state index in [0.717, 1.165) is 12.1 Å². The molecule has 8 heteroatoms. The maximum absolute atomic E-state index is 13.1. The summed E-state index contributed by atoms with van der Waals surface area (Å²) in [6.45, 7) is 10.8. The molecule has 154 valence electrons. The summed E-state index contributed by atoms with van der Waals surface area (Å²) in [5.41, 5.74) is 4.57. The first-order valence-electron chi connectivity index (χ1n) is 8.21. The van der Waals surface area contributed by atoms with Crippen molar-refractivity contribution in [3.8, 4) is 0 Å². The Morgan fingerprint density at radius 3 is 2.18 bits per heavy atom. The number of rotatable bonds is 6. The van der Waals surface area contributed by atoms with Gasteiger partial charge in [0.25, 0.3) is 5.91 Å². The minimum atomic E-state index is -0.884. The normalized spacial score (nSPS) is 9.46. The van der Waals surface area contributed by atoms with E-state index in [2.05, 4.69) is 34.8 Å². The summed E-state index contributed by atoms with van der Waals surface area (Å²) in [4.78, 5) is 22.1. The maximum Gasteiger partial charge on any atom is 0.261 e. The van der Waals surface area contributed by atoms with Gasteiger partial charge in [-0.2, -0.15) is 0 Å². The average molecular weight is 394 g/mol. The molecule has 1 aromatic rings. The van der Waals surface area contributed by atoms with E-state index in [0.29, 0.717) is 12.1 Å². The van der Waals surface area contributed by atoms with Gasteiger partial charge in [0.1, 0.15) is 17.2 Å². The van der Waals surface area contributed by atoms with Crippen molar-refractivity contribution < 1.29 is 18.4 Å². The lowest BCUT2D eigenvalue weighted by molar-refractivity contribution is -0.117. The number of allylic oxidation sites excluding steroid dienone is 1. The van der Waals surface area contributed by atoms with E-state index < -0.39 is 23.1 Å². The van der Waals surface area contributed by atoms with Crippen LogP contribution in [0.15, 0.2) is 67.7 Å². The predicted molar refractivity (Wildman–Crippen MR) is 109 cm³/mol. The smallest absolute Gasteiger partial charge is 0.261 e. The molecule has 28 heavy (non-hydrogen) atoms. The van der Waals surface area contributed by atoms with Crippen molar-refractivity contribution >= 4 is 11.8 Å². The van der Waals surface area contributed by atoms with Gasteiger partial charge in [0.05, 0.1) is 0 Å². The van der Waals surface area contributed by atoms with Crippen molar-refractivity contribution in [2.24, 2.45) is 5.73 Å². The summed E-state index contributed by atoms with van der Waals surface area (Å²) in [5.74, 6) is -2.68. The minimum absolute atomic E-state index is 0.0851. The number of amides is 2. The van der Waals surface area contributed by atoms with E-state index in [1.165, 1.54) is 24.7 Å². The molecule has 1 rings (SSSR count). The van der Waals surface area contributed by atoms with Crippen LogP contribution in [0.2, 0.25) is 0 Å². The highest BCUT2D eigenvalue weighted by molar-refractivity contribution is 5.95. The molecular weight excluding hydrogens is 366 g/mol. The number of hydrogen-bond donors (Lipinski definition) is 4. The summed E-state index contributed by atoms with van der Waals surface area (Å²) in [7, 11) is 1.63. The van der Waals surface area contributed by atoms with Crippen LogP contribution in [-0.2, 0) is 4.79 Å². The van der Waals surface area contributed by atoms with Gasteiger partial charge in [-0.3, -0.25) is 9.59 Å². The number of nitrogens with one attached hydrogen (secondary N) is 3. The first-order valence-corrected chi connectivity index (χ1v) is 8.21.